The molecule has 2 aliphatic heterocycles. The summed E-state index contributed by atoms with van der Waals surface area (Å²) in [6.07, 6.45) is 2.72. The molecule has 1 atom stereocenters. The van der Waals surface area contributed by atoms with Crippen molar-refractivity contribution >= 4 is 15.9 Å². The number of sulfonamides is 1. The van der Waals surface area contributed by atoms with Gasteiger partial charge in [-0.25, -0.2) is 8.42 Å². The Morgan fingerprint density at radius 3 is 2.36 bits per heavy atom. The molecular weight excluding hydrogens is 340 g/mol. The Labute approximate surface area is 149 Å². The Kier molecular flexibility index (Phi) is 4.58. The van der Waals surface area contributed by atoms with Gasteiger partial charge in [0, 0.05) is 26.2 Å². The maximum Gasteiger partial charge on any atom is 0.244 e. The lowest BCUT2D eigenvalue weighted by atomic mass is 9.87. The Hall–Kier alpha value is -1.60. The van der Waals surface area contributed by atoms with Crippen LogP contribution < -0.4 is 4.74 Å². The molecule has 0 N–H and O–H groups in total. The third kappa shape index (κ3) is 2.73. The first kappa shape index (κ1) is 18.2. The zero-order chi connectivity index (χ0) is 18.4. The van der Waals surface area contributed by atoms with Gasteiger partial charge in [0.2, 0.25) is 15.9 Å². The van der Waals surface area contributed by atoms with Crippen molar-refractivity contribution in [2.45, 2.75) is 50.0 Å². The van der Waals surface area contributed by atoms with E-state index in [-0.39, 0.29) is 10.8 Å². The molecule has 2 aliphatic rings. The molecule has 0 radical (unpaired) electrons. The van der Waals surface area contributed by atoms with E-state index in [1.807, 2.05) is 13.0 Å². The van der Waals surface area contributed by atoms with Gasteiger partial charge >= 0.3 is 0 Å². The van der Waals surface area contributed by atoms with Crippen LogP contribution in [-0.4, -0.2) is 56.3 Å². The molecule has 25 heavy (non-hydrogen) atoms. The molecule has 138 valence electrons. The third-order valence-corrected chi connectivity index (χ3v) is 7.63. The summed E-state index contributed by atoms with van der Waals surface area (Å²) in [5.74, 6) is 0.473. The van der Waals surface area contributed by atoms with Crippen molar-refractivity contribution in [3.63, 3.8) is 0 Å². The standard InChI is InChI=1S/C18H26N2O4S/c1-13-11-14(2)16(12-15(13)24-4)25(22,23)20-10-6-8-18(20)7-5-9-19(3)17(18)21/h11-12H,5-10H2,1-4H3. The number of methoxy groups -OCH3 is 1. The van der Waals surface area contributed by atoms with Gasteiger partial charge < -0.3 is 9.64 Å². The van der Waals surface area contributed by atoms with Crippen molar-refractivity contribution in [1.29, 1.82) is 0 Å². The number of hydrogen-bond acceptors (Lipinski definition) is 4. The molecule has 2 fully saturated rings. The number of aryl methyl sites for hydroxylation is 2. The molecule has 1 spiro atoms. The van der Waals surface area contributed by atoms with Crippen LogP contribution >= 0.6 is 0 Å². The van der Waals surface area contributed by atoms with Crippen molar-refractivity contribution in [3.05, 3.63) is 23.3 Å². The van der Waals surface area contributed by atoms with Crippen LogP contribution in [0.4, 0.5) is 0 Å². The lowest BCUT2D eigenvalue weighted by Gasteiger charge is -2.42. The molecule has 2 heterocycles. The number of likely N-dealkylation sites (tertiary alicyclic amines) is 1. The van der Waals surface area contributed by atoms with Crippen LogP contribution in [0.2, 0.25) is 0 Å². The average molecular weight is 366 g/mol. The minimum Gasteiger partial charge on any atom is -0.496 e. The van der Waals surface area contributed by atoms with Crippen LogP contribution in [0.1, 0.15) is 36.8 Å². The van der Waals surface area contributed by atoms with E-state index >= 15 is 0 Å². The molecule has 1 aromatic carbocycles. The number of nitrogens with zero attached hydrogens (tertiary/aromatic N) is 2. The normalized spacial score (nSPS) is 25.0. The number of hydrogen-bond donors (Lipinski definition) is 0. The Morgan fingerprint density at radius 2 is 1.72 bits per heavy atom. The summed E-state index contributed by atoms with van der Waals surface area (Å²) in [4.78, 5) is 14.8. The zero-order valence-corrected chi connectivity index (χ0v) is 16.1. The van der Waals surface area contributed by atoms with Crippen LogP contribution in [0.5, 0.6) is 5.75 Å². The molecule has 0 bridgehead atoms. The lowest BCUT2D eigenvalue weighted by molar-refractivity contribution is -0.142. The zero-order valence-electron chi connectivity index (χ0n) is 15.3. The molecule has 1 unspecified atom stereocenters. The summed E-state index contributed by atoms with van der Waals surface area (Å²) in [6, 6.07) is 3.41. The molecule has 0 saturated carbocycles. The Bertz CT molecular complexity index is 806. The largest absolute Gasteiger partial charge is 0.496 e. The van der Waals surface area contributed by atoms with Crippen molar-refractivity contribution in [1.82, 2.24) is 9.21 Å². The van der Waals surface area contributed by atoms with E-state index in [1.54, 1.807) is 24.9 Å². The molecular formula is C18H26N2O4S. The number of ether oxygens (including phenoxy) is 1. The molecule has 1 aromatic rings. The van der Waals surface area contributed by atoms with E-state index in [4.69, 9.17) is 4.74 Å². The second kappa shape index (κ2) is 6.29. The first-order valence-electron chi connectivity index (χ1n) is 8.68. The summed E-state index contributed by atoms with van der Waals surface area (Å²) in [5.41, 5.74) is 0.650. The average Bonchev–Trinajstić information content (AvgIpc) is 2.98. The van der Waals surface area contributed by atoms with Gasteiger partial charge in [-0.05, 0) is 50.7 Å². The van der Waals surface area contributed by atoms with E-state index in [0.29, 0.717) is 43.7 Å². The van der Waals surface area contributed by atoms with Crippen LogP contribution in [0.25, 0.3) is 0 Å². The fourth-order valence-corrected chi connectivity index (χ4v) is 6.32. The fourth-order valence-electron chi connectivity index (χ4n) is 4.27. The monoisotopic (exact) mass is 366 g/mol. The van der Waals surface area contributed by atoms with E-state index in [9.17, 15) is 13.2 Å². The van der Waals surface area contributed by atoms with Gasteiger partial charge in [0.15, 0.2) is 0 Å². The van der Waals surface area contributed by atoms with E-state index in [0.717, 1.165) is 12.0 Å². The highest BCUT2D eigenvalue weighted by atomic mass is 32.2. The van der Waals surface area contributed by atoms with Crippen molar-refractivity contribution in [2.75, 3.05) is 27.2 Å². The summed E-state index contributed by atoms with van der Waals surface area (Å²) >= 11 is 0. The maximum atomic E-state index is 13.5. The predicted molar refractivity (Wildman–Crippen MR) is 95.2 cm³/mol. The molecule has 6 nitrogen and oxygen atoms in total. The first-order valence-corrected chi connectivity index (χ1v) is 10.1. The van der Waals surface area contributed by atoms with Crippen LogP contribution in [-0.2, 0) is 14.8 Å². The predicted octanol–water partition coefficient (Wildman–Crippen LogP) is 2.09. The molecule has 1 amide bonds. The van der Waals surface area contributed by atoms with Gasteiger partial charge in [-0.3, -0.25) is 4.79 Å². The fraction of sp³-hybridized carbons (Fsp3) is 0.611. The highest BCUT2D eigenvalue weighted by Gasteiger charge is 2.55. The molecule has 0 aromatic heterocycles. The van der Waals surface area contributed by atoms with Crippen LogP contribution in [0, 0.1) is 13.8 Å². The summed E-state index contributed by atoms with van der Waals surface area (Å²) in [7, 11) is -0.488. The highest BCUT2D eigenvalue weighted by Crippen LogP contribution is 2.42. The SMILES string of the molecule is COc1cc(S(=O)(=O)N2CCCC23CCCN(C)C3=O)c(C)cc1C. The van der Waals surface area contributed by atoms with Gasteiger partial charge in [0.1, 0.15) is 11.3 Å². The molecule has 3 rings (SSSR count). The minimum absolute atomic E-state index is 0.0726. The number of piperidine rings is 1. The number of amides is 1. The smallest absolute Gasteiger partial charge is 0.244 e. The van der Waals surface area contributed by atoms with Gasteiger partial charge in [0.05, 0.1) is 12.0 Å². The number of carbonyl (C=O) groups is 1. The van der Waals surface area contributed by atoms with Crippen LogP contribution in [0.3, 0.4) is 0 Å². The Morgan fingerprint density at radius 1 is 1.08 bits per heavy atom. The number of likely N-dealkylation sites (N-methyl/N-ethyl adjacent to an activating group) is 1. The molecule has 7 heteroatoms. The lowest BCUT2D eigenvalue weighted by Crippen LogP contribution is -2.60. The second-order valence-electron chi connectivity index (χ2n) is 7.13. The van der Waals surface area contributed by atoms with E-state index < -0.39 is 15.6 Å². The maximum absolute atomic E-state index is 13.5. The van der Waals surface area contributed by atoms with Crippen molar-refractivity contribution in [2.24, 2.45) is 0 Å². The summed E-state index contributed by atoms with van der Waals surface area (Å²) < 4.78 is 33.7. The number of benzene rings is 1. The Balaban J connectivity index is 2.10. The summed E-state index contributed by atoms with van der Waals surface area (Å²) in [5, 5.41) is 0. The second-order valence-corrected chi connectivity index (χ2v) is 8.96. The highest BCUT2D eigenvalue weighted by molar-refractivity contribution is 7.89. The molecule has 2 saturated heterocycles. The third-order valence-electron chi connectivity index (χ3n) is 5.52. The van der Waals surface area contributed by atoms with Gasteiger partial charge in [-0.15, -0.1) is 0 Å². The van der Waals surface area contributed by atoms with Gasteiger partial charge in [-0.1, -0.05) is 6.07 Å². The number of rotatable bonds is 3. The van der Waals surface area contributed by atoms with Crippen molar-refractivity contribution < 1.29 is 17.9 Å². The quantitative estimate of drug-likeness (QED) is 0.821. The minimum atomic E-state index is -3.78. The number of carbonyl (C=O) groups excluding carboxylic acids is 1. The van der Waals surface area contributed by atoms with Gasteiger partial charge in [-0.2, -0.15) is 4.31 Å². The summed E-state index contributed by atoms with van der Waals surface area (Å²) in [6.45, 7) is 4.75. The van der Waals surface area contributed by atoms with Crippen LogP contribution in [0.15, 0.2) is 17.0 Å². The van der Waals surface area contributed by atoms with Crippen molar-refractivity contribution in [3.8, 4) is 5.75 Å². The molecule has 0 aliphatic carbocycles. The van der Waals surface area contributed by atoms with Gasteiger partial charge in [0.25, 0.3) is 0 Å². The van der Waals surface area contributed by atoms with E-state index in [2.05, 4.69) is 0 Å². The topological polar surface area (TPSA) is 66.9 Å². The first-order chi connectivity index (χ1) is 11.7. The van der Waals surface area contributed by atoms with E-state index in [1.165, 1.54) is 11.4 Å².